The number of hydrogen-bond acceptors (Lipinski definition) is 2. The Morgan fingerprint density at radius 2 is 2.12 bits per heavy atom. The molecule has 1 atom stereocenters. The summed E-state index contributed by atoms with van der Waals surface area (Å²) in [5.74, 6) is 1.45. The molecule has 0 saturated heterocycles. The molecule has 0 aliphatic heterocycles. The molecular weight excluding hydrogens is 214 g/mol. The number of carbonyl (C=O) groups excluding carboxylic acids is 1. The molecule has 1 heterocycles. The molecule has 0 bridgehead atoms. The van der Waals surface area contributed by atoms with E-state index in [1.807, 2.05) is 13.8 Å². The van der Waals surface area contributed by atoms with Crippen LogP contribution in [-0.4, -0.2) is 11.9 Å². The highest BCUT2D eigenvalue weighted by atomic mass is 16.3. The lowest BCUT2D eigenvalue weighted by molar-refractivity contribution is 0.0936. The lowest BCUT2D eigenvalue weighted by Crippen LogP contribution is -2.32. The number of nitrogens with one attached hydrogen (secondary N) is 1. The minimum atomic E-state index is -0.0247. The summed E-state index contributed by atoms with van der Waals surface area (Å²) in [7, 11) is 0. The maximum Gasteiger partial charge on any atom is 0.255 e. The minimum absolute atomic E-state index is 0.0247. The summed E-state index contributed by atoms with van der Waals surface area (Å²) >= 11 is 0. The number of unbranched alkanes of at least 4 members (excludes halogenated alkanes) is 2. The van der Waals surface area contributed by atoms with Gasteiger partial charge in [0, 0.05) is 6.04 Å². The Balaban J connectivity index is 2.46. The van der Waals surface area contributed by atoms with Gasteiger partial charge in [0.2, 0.25) is 0 Å². The topological polar surface area (TPSA) is 42.2 Å². The standard InChI is InChI=1S/C14H23NO2/c1-5-6-7-8-10(2)15-14(16)13-9-11(3)17-12(13)4/h9-10H,5-8H2,1-4H3,(H,15,16). The van der Waals surface area contributed by atoms with Gasteiger partial charge in [0.05, 0.1) is 5.56 Å². The molecule has 1 amide bonds. The Labute approximate surface area is 104 Å². The number of hydrogen-bond donors (Lipinski definition) is 1. The normalized spacial score (nSPS) is 12.5. The SMILES string of the molecule is CCCCCC(C)NC(=O)c1cc(C)oc1C. The predicted molar refractivity (Wildman–Crippen MR) is 69.3 cm³/mol. The molecule has 1 N–H and O–H groups in total. The van der Waals surface area contributed by atoms with Crippen molar-refractivity contribution in [3.63, 3.8) is 0 Å². The second kappa shape index (κ2) is 6.48. The highest BCUT2D eigenvalue weighted by Crippen LogP contribution is 2.14. The molecule has 1 rings (SSSR count). The highest BCUT2D eigenvalue weighted by Gasteiger charge is 2.15. The zero-order valence-electron chi connectivity index (χ0n) is 11.3. The van der Waals surface area contributed by atoms with Crippen LogP contribution in [0.3, 0.4) is 0 Å². The van der Waals surface area contributed by atoms with Crippen molar-refractivity contribution in [1.82, 2.24) is 5.32 Å². The van der Waals surface area contributed by atoms with E-state index in [0.29, 0.717) is 11.3 Å². The van der Waals surface area contributed by atoms with Gasteiger partial charge in [0.25, 0.3) is 5.91 Å². The number of rotatable bonds is 6. The largest absolute Gasteiger partial charge is 0.466 e. The molecule has 0 fully saturated rings. The molecule has 1 aromatic heterocycles. The maximum atomic E-state index is 12.0. The Kier molecular flexibility index (Phi) is 5.26. The summed E-state index contributed by atoms with van der Waals surface area (Å²) in [5, 5.41) is 3.01. The third kappa shape index (κ3) is 4.25. The van der Waals surface area contributed by atoms with Crippen molar-refractivity contribution in [1.29, 1.82) is 0 Å². The summed E-state index contributed by atoms with van der Waals surface area (Å²) in [6.45, 7) is 7.91. The molecule has 0 saturated carbocycles. The Hall–Kier alpha value is -1.25. The first-order valence-electron chi connectivity index (χ1n) is 6.42. The quantitative estimate of drug-likeness (QED) is 0.768. The van der Waals surface area contributed by atoms with E-state index in [2.05, 4.69) is 19.2 Å². The Morgan fingerprint density at radius 3 is 2.65 bits per heavy atom. The van der Waals surface area contributed by atoms with Crippen molar-refractivity contribution in [3.8, 4) is 0 Å². The van der Waals surface area contributed by atoms with Gasteiger partial charge in [-0.15, -0.1) is 0 Å². The van der Waals surface area contributed by atoms with Gasteiger partial charge in [-0.3, -0.25) is 4.79 Å². The van der Waals surface area contributed by atoms with E-state index in [1.165, 1.54) is 19.3 Å². The summed E-state index contributed by atoms with van der Waals surface area (Å²) in [4.78, 5) is 12.0. The number of carbonyl (C=O) groups is 1. The van der Waals surface area contributed by atoms with Gasteiger partial charge in [-0.1, -0.05) is 26.2 Å². The number of furan rings is 1. The van der Waals surface area contributed by atoms with Crippen molar-refractivity contribution in [2.45, 2.75) is 59.4 Å². The first kappa shape index (κ1) is 13.8. The summed E-state index contributed by atoms with van der Waals surface area (Å²) in [6, 6.07) is 2.02. The van der Waals surface area contributed by atoms with Crippen LogP contribution >= 0.6 is 0 Å². The molecule has 3 nitrogen and oxygen atoms in total. The molecule has 0 aliphatic carbocycles. The molecule has 3 heteroatoms. The zero-order valence-corrected chi connectivity index (χ0v) is 11.3. The van der Waals surface area contributed by atoms with E-state index in [0.717, 1.165) is 12.2 Å². The molecule has 0 aliphatic rings. The molecule has 96 valence electrons. The van der Waals surface area contributed by atoms with Crippen LogP contribution in [0.5, 0.6) is 0 Å². The van der Waals surface area contributed by atoms with Gasteiger partial charge in [-0.25, -0.2) is 0 Å². The molecule has 1 aromatic rings. The van der Waals surface area contributed by atoms with Crippen LogP contribution in [0.2, 0.25) is 0 Å². The second-order valence-corrected chi connectivity index (χ2v) is 4.70. The van der Waals surface area contributed by atoms with Gasteiger partial charge >= 0.3 is 0 Å². The molecule has 0 radical (unpaired) electrons. The second-order valence-electron chi connectivity index (χ2n) is 4.70. The predicted octanol–water partition coefficient (Wildman–Crippen LogP) is 3.60. The van der Waals surface area contributed by atoms with Crippen LogP contribution in [0.15, 0.2) is 10.5 Å². The highest BCUT2D eigenvalue weighted by molar-refractivity contribution is 5.95. The van der Waals surface area contributed by atoms with Crippen LogP contribution < -0.4 is 5.32 Å². The molecular formula is C14H23NO2. The first-order chi connectivity index (χ1) is 8.04. The van der Waals surface area contributed by atoms with Gasteiger partial charge in [-0.2, -0.15) is 0 Å². The van der Waals surface area contributed by atoms with E-state index in [4.69, 9.17) is 4.42 Å². The first-order valence-corrected chi connectivity index (χ1v) is 6.42. The molecule has 0 aromatic carbocycles. The third-order valence-electron chi connectivity index (χ3n) is 2.90. The Bertz CT molecular complexity index is 368. The van der Waals surface area contributed by atoms with Gasteiger partial charge in [0.1, 0.15) is 11.5 Å². The lowest BCUT2D eigenvalue weighted by atomic mass is 10.1. The number of amides is 1. The van der Waals surface area contributed by atoms with Crippen molar-refractivity contribution in [3.05, 3.63) is 23.2 Å². The number of aryl methyl sites for hydroxylation is 2. The minimum Gasteiger partial charge on any atom is -0.466 e. The van der Waals surface area contributed by atoms with Crippen LogP contribution in [0.4, 0.5) is 0 Å². The third-order valence-corrected chi connectivity index (χ3v) is 2.90. The van der Waals surface area contributed by atoms with E-state index in [-0.39, 0.29) is 11.9 Å². The fraction of sp³-hybridized carbons (Fsp3) is 0.643. The fourth-order valence-electron chi connectivity index (χ4n) is 1.93. The van der Waals surface area contributed by atoms with Crippen molar-refractivity contribution in [2.75, 3.05) is 0 Å². The average Bonchev–Trinajstić information content (AvgIpc) is 2.58. The van der Waals surface area contributed by atoms with Crippen LogP contribution in [0.1, 0.15) is 61.4 Å². The van der Waals surface area contributed by atoms with Crippen LogP contribution in [0.25, 0.3) is 0 Å². The van der Waals surface area contributed by atoms with Crippen molar-refractivity contribution >= 4 is 5.91 Å². The van der Waals surface area contributed by atoms with Crippen LogP contribution in [-0.2, 0) is 0 Å². The zero-order chi connectivity index (χ0) is 12.8. The van der Waals surface area contributed by atoms with E-state index in [9.17, 15) is 4.79 Å². The summed E-state index contributed by atoms with van der Waals surface area (Å²) in [6.07, 6.45) is 4.64. The van der Waals surface area contributed by atoms with Crippen molar-refractivity contribution in [2.24, 2.45) is 0 Å². The van der Waals surface area contributed by atoms with E-state index in [1.54, 1.807) is 6.07 Å². The van der Waals surface area contributed by atoms with Crippen LogP contribution in [0, 0.1) is 13.8 Å². The average molecular weight is 237 g/mol. The van der Waals surface area contributed by atoms with Gasteiger partial charge < -0.3 is 9.73 Å². The molecule has 17 heavy (non-hydrogen) atoms. The monoisotopic (exact) mass is 237 g/mol. The maximum absolute atomic E-state index is 12.0. The Morgan fingerprint density at radius 1 is 1.41 bits per heavy atom. The van der Waals surface area contributed by atoms with Gasteiger partial charge in [0.15, 0.2) is 0 Å². The summed E-state index contributed by atoms with van der Waals surface area (Å²) < 4.78 is 5.35. The van der Waals surface area contributed by atoms with E-state index >= 15 is 0 Å². The fourth-order valence-corrected chi connectivity index (χ4v) is 1.93. The lowest BCUT2D eigenvalue weighted by Gasteiger charge is -2.13. The summed E-state index contributed by atoms with van der Waals surface area (Å²) in [5.41, 5.74) is 0.657. The van der Waals surface area contributed by atoms with E-state index < -0.39 is 0 Å². The molecule has 0 spiro atoms. The van der Waals surface area contributed by atoms with Crippen molar-refractivity contribution < 1.29 is 9.21 Å². The van der Waals surface area contributed by atoms with Gasteiger partial charge in [-0.05, 0) is 33.3 Å². The molecule has 1 unspecified atom stereocenters. The smallest absolute Gasteiger partial charge is 0.255 e.